The smallest absolute Gasteiger partial charge is 0.119 e. The van der Waals surface area contributed by atoms with Crippen LogP contribution in [0.2, 0.25) is 0 Å². The lowest BCUT2D eigenvalue weighted by molar-refractivity contribution is 0.118. The third-order valence-electron chi connectivity index (χ3n) is 3.89. The number of piperidine rings is 1. The molecule has 1 unspecified atom stereocenters. The Kier molecular flexibility index (Phi) is 5.67. The molecule has 1 atom stereocenters. The summed E-state index contributed by atoms with van der Waals surface area (Å²) in [6.45, 7) is 5.86. The van der Waals surface area contributed by atoms with Gasteiger partial charge in [-0.2, -0.15) is 0 Å². The van der Waals surface area contributed by atoms with Gasteiger partial charge in [0, 0.05) is 12.6 Å². The second kappa shape index (κ2) is 7.51. The van der Waals surface area contributed by atoms with E-state index in [0.717, 1.165) is 31.9 Å². The van der Waals surface area contributed by atoms with E-state index in [1.165, 1.54) is 31.4 Å². The fourth-order valence-corrected chi connectivity index (χ4v) is 2.86. The van der Waals surface area contributed by atoms with Gasteiger partial charge in [0.1, 0.15) is 12.4 Å². The number of hydrogen-bond acceptors (Lipinski definition) is 3. The van der Waals surface area contributed by atoms with Gasteiger partial charge in [0.15, 0.2) is 0 Å². The minimum absolute atomic E-state index is 0.667. The van der Waals surface area contributed by atoms with Crippen LogP contribution in [0.25, 0.3) is 0 Å². The minimum atomic E-state index is 0.667. The summed E-state index contributed by atoms with van der Waals surface area (Å²) in [5.41, 5.74) is 6.95. The Morgan fingerprint density at radius 1 is 1.37 bits per heavy atom. The number of aryl methyl sites for hydroxylation is 1. The van der Waals surface area contributed by atoms with Crippen molar-refractivity contribution in [2.24, 2.45) is 5.73 Å². The van der Waals surface area contributed by atoms with E-state index in [1.807, 2.05) is 12.1 Å². The van der Waals surface area contributed by atoms with Gasteiger partial charge < -0.3 is 10.5 Å². The van der Waals surface area contributed by atoms with Gasteiger partial charge in [0.2, 0.25) is 0 Å². The van der Waals surface area contributed by atoms with E-state index in [1.54, 1.807) is 0 Å². The summed E-state index contributed by atoms with van der Waals surface area (Å²) in [7, 11) is 0. The molecule has 0 bridgehead atoms. The summed E-state index contributed by atoms with van der Waals surface area (Å²) < 4.78 is 5.84. The summed E-state index contributed by atoms with van der Waals surface area (Å²) >= 11 is 0. The largest absolute Gasteiger partial charge is 0.492 e. The number of rotatable bonds is 6. The maximum absolute atomic E-state index is 5.84. The lowest BCUT2D eigenvalue weighted by atomic mass is 9.99. The van der Waals surface area contributed by atoms with Crippen LogP contribution in [0.4, 0.5) is 0 Å². The van der Waals surface area contributed by atoms with Crippen LogP contribution in [0, 0.1) is 6.92 Å². The lowest BCUT2D eigenvalue weighted by Gasteiger charge is -2.35. The van der Waals surface area contributed by atoms with Crippen LogP contribution in [0.1, 0.15) is 31.2 Å². The molecule has 0 spiro atoms. The summed E-state index contributed by atoms with van der Waals surface area (Å²) in [6.07, 6.45) is 5.07. The predicted octanol–water partition coefficient (Wildman–Crippen LogP) is 2.58. The highest BCUT2D eigenvalue weighted by molar-refractivity contribution is 5.27. The first kappa shape index (κ1) is 14.4. The molecular weight excluding hydrogens is 236 g/mol. The molecule has 1 aliphatic heterocycles. The molecule has 0 aromatic heterocycles. The van der Waals surface area contributed by atoms with E-state index in [-0.39, 0.29) is 0 Å². The van der Waals surface area contributed by atoms with Gasteiger partial charge in [-0.3, -0.25) is 4.90 Å². The first-order valence-corrected chi connectivity index (χ1v) is 7.43. The molecule has 106 valence electrons. The zero-order chi connectivity index (χ0) is 13.5. The highest BCUT2D eigenvalue weighted by Crippen LogP contribution is 2.19. The molecule has 0 radical (unpaired) electrons. The van der Waals surface area contributed by atoms with E-state index < -0.39 is 0 Å². The number of hydrogen-bond donors (Lipinski definition) is 1. The summed E-state index contributed by atoms with van der Waals surface area (Å²) in [5.74, 6) is 0.979. The van der Waals surface area contributed by atoms with Gasteiger partial charge in [-0.05, 0) is 57.0 Å². The molecule has 1 aromatic rings. The maximum atomic E-state index is 5.84. The zero-order valence-corrected chi connectivity index (χ0v) is 12.0. The van der Waals surface area contributed by atoms with Gasteiger partial charge in [-0.15, -0.1) is 0 Å². The number of benzene rings is 1. The van der Waals surface area contributed by atoms with E-state index in [0.29, 0.717) is 6.04 Å². The molecule has 1 fully saturated rings. The molecule has 1 aliphatic rings. The molecule has 0 amide bonds. The molecule has 3 nitrogen and oxygen atoms in total. The van der Waals surface area contributed by atoms with Gasteiger partial charge in [-0.1, -0.05) is 18.6 Å². The average molecular weight is 262 g/mol. The first-order chi connectivity index (χ1) is 9.29. The van der Waals surface area contributed by atoms with Crippen molar-refractivity contribution in [2.45, 2.75) is 38.6 Å². The zero-order valence-electron chi connectivity index (χ0n) is 12.0. The van der Waals surface area contributed by atoms with Crippen LogP contribution in [0.5, 0.6) is 5.75 Å². The third-order valence-corrected chi connectivity index (χ3v) is 3.89. The Balaban J connectivity index is 1.77. The van der Waals surface area contributed by atoms with Crippen molar-refractivity contribution in [1.29, 1.82) is 0 Å². The molecule has 1 heterocycles. The number of nitrogens with two attached hydrogens (primary N) is 1. The van der Waals surface area contributed by atoms with Crippen LogP contribution in [-0.4, -0.2) is 37.2 Å². The van der Waals surface area contributed by atoms with Crippen LogP contribution in [0.15, 0.2) is 24.3 Å². The minimum Gasteiger partial charge on any atom is -0.492 e. The monoisotopic (exact) mass is 262 g/mol. The molecule has 0 aliphatic carbocycles. The van der Waals surface area contributed by atoms with Crippen LogP contribution in [0.3, 0.4) is 0 Å². The average Bonchev–Trinajstić information content (AvgIpc) is 2.41. The van der Waals surface area contributed by atoms with Crippen LogP contribution >= 0.6 is 0 Å². The van der Waals surface area contributed by atoms with Gasteiger partial charge in [0.25, 0.3) is 0 Å². The maximum Gasteiger partial charge on any atom is 0.119 e. The van der Waals surface area contributed by atoms with Crippen molar-refractivity contribution in [1.82, 2.24) is 4.90 Å². The van der Waals surface area contributed by atoms with Crippen molar-refractivity contribution >= 4 is 0 Å². The van der Waals surface area contributed by atoms with Crippen molar-refractivity contribution in [3.05, 3.63) is 29.8 Å². The molecule has 2 N–H and O–H groups in total. The molecule has 3 heteroatoms. The molecule has 1 saturated heterocycles. The van der Waals surface area contributed by atoms with Gasteiger partial charge >= 0.3 is 0 Å². The van der Waals surface area contributed by atoms with Crippen molar-refractivity contribution in [3.63, 3.8) is 0 Å². The standard InChI is InChI=1S/C16H26N2O/c1-14-5-4-7-16(13-14)19-12-11-18-10-3-2-6-15(18)8-9-17/h4-5,7,13,15H,2-3,6,8-12,17H2,1H3. The van der Waals surface area contributed by atoms with E-state index in [4.69, 9.17) is 10.5 Å². The summed E-state index contributed by atoms with van der Waals surface area (Å²) in [4.78, 5) is 2.55. The highest BCUT2D eigenvalue weighted by Gasteiger charge is 2.21. The van der Waals surface area contributed by atoms with E-state index >= 15 is 0 Å². The number of ether oxygens (including phenoxy) is 1. The summed E-state index contributed by atoms with van der Waals surface area (Å²) in [5, 5.41) is 0. The molecule has 0 saturated carbocycles. The SMILES string of the molecule is Cc1cccc(OCCN2CCCCC2CCN)c1. The van der Waals surface area contributed by atoms with E-state index in [2.05, 4.69) is 24.0 Å². The van der Waals surface area contributed by atoms with E-state index in [9.17, 15) is 0 Å². The topological polar surface area (TPSA) is 38.5 Å². The second-order valence-electron chi connectivity index (χ2n) is 5.43. The van der Waals surface area contributed by atoms with Crippen molar-refractivity contribution in [2.75, 3.05) is 26.2 Å². The highest BCUT2D eigenvalue weighted by atomic mass is 16.5. The second-order valence-corrected chi connectivity index (χ2v) is 5.43. The Labute approximate surface area is 116 Å². The third kappa shape index (κ3) is 4.51. The normalized spacial score (nSPS) is 20.4. The summed E-state index contributed by atoms with van der Waals surface area (Å²) in [6, 6.07) is 8.92. The quantitative estimate of drug-likeness (QED) is 0.856. The molecule has 2 rings (SSSR count). The number of nitrogens with zero attached hydrogens (tertiary/aromatic N) is 1. The predicted molar refractivity (Wildman–Crippen MR) is 79.6 cm³/mol. The Hall–Kier alpha value is -1.06. The fourth-order valence-electron chi connectivity index (χ4n) is 2.86. The first-order valence-electron chi connectivity index (χ1n) is 7.43. The Bertz CT molecular complexity index is 379. The van der Waals surface area contributed by atoms with Crippen molar-refractivity contribution in [3.8, 4) is 5.75 Å². The molecule has 1 aromatic carbocycles. The fraction of sp³-hybridized carbons (Fsp3) is 0.625. The van der Waals surface area contributed by atoms with Gasteiger partial charge in [-0.25, -0.2) is 0 Å². The Morgan fingerprint density at radius 3 is 3.05 bits per heavy atom. The number of likely N-dealkylation sites (tertiary alicyclic amines) is 1. The van der Waals surface area contributed by atoms with Gasteiger partial charge in [0.05, 0.1) is 0 Å². The van der Waals surface area contributed by atoms with Crippen molar-refractivity contribution < 1.29 is 4.74 Å². The lowest BCUT2D eigenvalue weighted by Crippen LogP contribution is -2.42. The molecular formula is C16H26N2O. The van der Waals surface area contributed by atoms with Crippen LogP contribution < -0.4 is 10.5 Å². The molecule has 19 heavy (non-hydrogen) atoms. The van der Waals surface area contributed by atoms with Crippen LogP contribution in [-0.2, 0) is 0 Å². The Morgan fingerprint density at radius 2 is 2.26 bits per heavy atom.